The maximum Gasteiger partial charge on any atom is 0.133 e. The molecule has 1 saturated carbocycles. The minimum absolute atomic E-state index is 0.381. The van der Waals surface area contributed by atoms with Crippen LogP contribution in [-0.4, -0.2) is 5.78 Å². The van der Waals surface area contributed by atoms with Gasteiger partial charge in [-0.05, 0) is 17.8 Å². The maximum absolute atomic E-state index is 11.0. The Hall–Kier alpha value is -0.330. The standard InChI is InChI=1S/C10H18O/c1-4-10(2,3)8-5-6-9(11)7-8/h8H,4-7H2,1-3H3. The molecule has 0 bridgehead atoms. The fourth-order valence-electron chi connectivity index (χ4n) is 1.77. The molecule has 0 aromatic rings. The van der Waals surface area contributed by atoms with Crippen LogP contribution in [0.5, 0.6) is 0 Å². The molecule has 1 atom stereocenters. The van der Waals surface area contributed by atoms with E-state index in [1.807, 2.05) is 0 Å². The maximum atomic E-state index is 11.0. The van der Waals surface area contributed by atoms with Crippen molar-refractivity contribution in [1.29, 1.82) is 0 Å². The first-order valence-electron chi connectivity index (χ1n) is 4.58. The molecule has 1 heteroatoms. The van der Waals surface area contributed by atoms with Crippen molar-refractivity contribution in [1.82, 2.24) is 0 Å². The summed E-state index contributed by atoms with van der Waals surface area (Å²) in [5, 5.41) is 0. The van der Waals surface area contributed by atoms with E-state index in [1.165, 1.54) is 6.42 Å². The van der Waals surface area contributed by atoms with Gasteiger partial charge >= 0.3 is 0 Å². The van der Waals surface area contributed by atoms with Gasteiger partial charge in [-0.1, -0.05) is 27.2 Å². The number of carbonyl (C=O) groups excluding carboxylic acids is 1. The Morgan fingerprint density at radius 1 is 1.55 bits per heavy atom. The van der Waals surface area contributed by atoms with Crippen LogP contribution in [0.3, 0.4) is 0 Å². The van der Waals surface area contributed by atoms with E-state index in [9.17, 15) is 4.79 Å². The van der Waals surface area contributed by atoms with Crippen LogP contribution < -0.4 is 0 Å². The van der Waals surface area contributed by atoms with Gasteiger partial charge in [0.1, 0.15) is 5.78 Å². The third kappa shape index (κ3) is 1.82. The lowest BCUT2D eigenvalue weighted by Gasteiger charge is -2.29. The molecule has 1 aliphatic carbocycles. The van der Waals surface area contributed by atoms with E-state index in [1.54, 1.807) is 0 Å². The molecule has 1 nitrogen and oxygen atoms in total. The van der Waals surface area contributed by atoms with E-state index in [0.29, 0.717) is 17.1 Å². The van der Waals surface area contributed by atoms with Crippen molar-refractivity contribution in [2.75, 3.05) is 0 Å². The summed E-state index contributed by atoms with van der Waals surface area (Å²) in [7, 11) is 0. The lowest BCUT2D eigenvalue weighted by molar-refractivity contribution is -0.117. The fraction of sp³-hybridized carbons (Fsp3) is 0.900. The Kier molecular flexibility index (Phi) is 2.36. The highest BCUT2D eigenvalue weighted by atomic mass is 16.1. The predicted octanol–water partition coefficient (Wildman–Crippen LogP) is 2.79. The molecule has 0 spiro atoms. The smallest absolute Gasteiger partial charge is 0.133 e. The first kappa shape index (κ1) is 8.76. The topological polar surface area (TPSA) is 17.1 Å². The first-order chi connectivity index (χ1) is 5.06. The number of Topliss-reactive ketones (excluding diaryl/α,β-unsaturated/α-hetero) is 1. The van der Waals surface area contributed by atoms with Gasteiger partial charge in [0.25, 0.3) is 0 Å². The van der Waals surface area contributed by atoms with Gasteiger partial charge in [-0.15, -0.1) is 0 Å². The Balaban J connectivity index is 2.55. The summed E-state index contributed by atoms with van der Waals surface area (Å²) in [6.45, 7) is 6.76. The van der Waals surface area contributed by atoms with Crippen molar-refractivity contribution < 1.29 is 4.79 Å². The summed E-state index contributed by atoms with van der Waals surface area (Å²) >= 11 is 0. The van der Waals surface area contributed by atoms with Gasteiger partial charge in [-0.3, -0.25) is 4.79 Å². The van der Waals surface area contributed by atoms with Gasteiger partial charge in [0.2, 0.25) is 0 Å². The van der Waals surface area contributed by atoms with Gasteiger partial charge in [0, 0.05) is 12.8 Å². The average Bonchev–Trinajstić information content (AvgIpc) is 2.36. The average molecular weight is 154 g/mol. The third-order valence-corrected chi connectivity index (χ3v) is 3.26. The Labute approximate surface area is 69.2 Å². The van der Waals surface area contributed by atoms with E-state index >= 15 is 0 Å². The quantitative estimate of drug-likeness (QED) is 0.597. The highest BCUT2D eigenvalue weighted by Gasteiger charge is 2.33. The number of rotatable bonds is 2. The molecule has 11 heavy (non-hydrogen) atoms. The van der Waals surface area contributed by atoms with Gasteiger partial charge < -0.3 is 0 Å². The molecular weight excluding hydrogens is 136 g/mol. The van der Waals surface area contributed by atoms with Crippen LogP contribution >= 0.6 is 0 Å². The lowest BCUT2D eigenvalue weighted by atomic mass is 9.76. The zero-order valence-corrected chi connectivity index (χ0v) is 7.81. The minimum atomic E-state index is 0.381. The van der Waals surface area contributed by atoms with Crippen LogP contribution in [0.1, 0.15) is 46.5 Å². The molecule has 0 heterocycles. The monoisotopic (exact) mass is 154 g/mol. The number of hydrogen-bond acceptors (Lipinski definition) is 1. The largest absolute Gasteiger partial charge is 0.300 e. The molecule has 0 radical (unpaired) electrons. The van der Waals surface area contributed by atoms with Crippen LogP contribution in [0.15, 0.2) is 0 Å². The van der Waals surface area contributed by atoms with Gasteiger partial charge in [0.15, 0.2) is 0 Å². The molecule has 0 aromatic heterocycles. The second-order valence-electron chi connectivity index (χ2n) is 4.32. The Morgan fingerprint density at radius 3 is 2.55 bits per heavy atom. The number of ketones is 1. The van der Waals surface area contributed by atoms with Crippen molar-refractivity contribution in [3.8, 4) is 0 Å². The van der Waals surface area contributed by atoms with Crippen molar-refractivity contribution in [2.45, 2.75) is 46.5 Å². The highest BCUT2D eigenvalue weighted by Crippen LogP contribution is 2.39. The summed E-state index contributed by atoms with van der Waals surface area (Å²) in [5.41, 5.74) is 0.381. The second kappa shape index (κ2) is 2.96. The van der Waals surface area contributed by atoms with Crippen LogP contribution in [0.4, 0.5) is 0 Å². The van der Waals surface area contributed by atoms with Crippen molar-refractivity contribution in [3.05, 3.63) is 0 Å². The van der Waals surface area contributed by atoms with E-state index < -0.39 is 0 Å². The van der Waals surface area contributed by atoms with Crippen LogP contribution in [0, 0.1) is 11.3 Å². The molecule has 1 unspecified atom stereocenters. The molecule has 0 saturated heterocycles. The molecule has 0 aromatic carbocycles. The van der Waals surface area contributed by atoms with E-state index in [0.717, 1.165) is 19.3 Å². The van der Waals surface area contributed by atoms with Gasteiger partial charge in [-0.2, -0.15) is 0 Å². The summed E-state index contributed by atoms with van der Waals surface area (Å²) in [5.74, 6) is 1.12. The fourth-order valence-corrected chi connectivity index (χ4v) is 1.77. The SMILES string of the molecule is CCC(C)(C)C1CCC(=O)C1. The van der Waals surface area contributed by atoms with E-state index in [2.05, 4.69) is 20.8 Å². The summed E-state index contributed by atoms with van der Waals surface area (Å²) < 4.78 is 0. The molecule has 0 N–H and O–H groups in total. The summed E-state index contributed by atoms with van der Waals surface area (Å²) in [6, 6.07) is 0. The van der Waals surface area contributed by atoms with Crippen molar-refractivity contribution in [2.24, 2.45) is 11.3 Å². The zero-order valence-electron chi connectivity index (χ0n) is 7.81. The predicted molar refractivity (Wildman–Crippen MR) is 46.4 cm³/mol. The second-order valence-corrected chi connectivity index (χ2v) is 4.32. The normalized spacial score (nSPS) is 26.1. The van der Waals surface area contributed by atoms with Crippen molar-refractivity contribution >= 4 is 5.78 Å². The van der Waals surface area contributed by atoms with Crippen LogP contribution in [0.2, 0.25) is 0 Å². The van der Waals surface area contributed by atoms with Gasteiger partial charge in [-0.25, -0.2) is 0 Å². The molecule has 1 rings (SSSR count). The minimum Gasteiger partial charge on any atom is -0.300 e. The first-order valence-corrected chi connectivity index (χ1v) is 4.58. The zero-order chi connectivity index (χ0) is 8.48. The highest BCUT2D eigenvalue weighted by molar-refractivity contribution is 5.80. The van der Waals surface area contributed by atoms with Crippen LogP contribution in [-0.2, 0) is 4.79 Å². The molecular formula is C10H18O. The van der Waals surface area contributed by atoms with E-state index in [-0.39, 0.29) is 0 Å². The van der Waals surface area contributed by atoms with Crippen molar-refractivity contribution in [3.63, 3.8) is 0 Å². The molecule has 0 amide bonds. The number of hydrogen-bond donors (Lipinski definition) is 0. The molecule has 64 valence electrons. The van der Waals surface area contributed by atoms with E-state index in [4.69, 9.17) is 0 Å². The number of carbonyl (C=O) groups is 1. The molecule has 1 aliphatic rings. The third-order valence-electron chi connectivity index (χ3n) is 3.26. The molecule has 0 aliphatic heterocycles. The van der Waals surface area contributed by atoms with Crippen LogP contribution in [0.25, 0.3) is 0 Å². The molecule has 1 fully saturated rings. The summed E-state index contributed by atoms with van der Waals surface area (Å²) in [6.07, 6.45) is 3.97. The van der Waals surface area contributed by atoms with Gasteiger partial charge in [0.05, 0.1) is 0 Å². The lowest BCUT2D eigenvalue weighted by Crippen LogP contribution is -2.20. The Bertz CT molecular complexity index is 158. The summed E-state index contributed by atoms with van der Waals surface area (Å²) in [4.78, 5) is 11.0. The Morgan fingerprint density at radius 2 is 2.18 bits per heavy atom.